The average molecular weight is 311 g/mol. The highest BCUT2D eigenvalue weighted by atomic mass is 35.5. The van der Waals surface area contributed by atoms with Crippen LogP contribution in [0.25, 0.3) is 0 Å². The monoisotopic (exact) mass is 310 g/mol. The second-order valence-corrected chi connectivity index (χ2v) is 5.76. The Bertz CT molecular complexity index is 562. The SMILES string of the molecule is Cc1ccc(Cl)cc1N1CC(C(=O)N(C)CCO)CC1=O. The lowest BCUT2D eigenvalue weighted by molar-refractivity contribution is -0.134. The second-order valence-electron chi connectivity index (χ2n) is 5.32. The maximum Gasteiger partial charge on any atom is 0.227 e. The predicted octanol–water partition coefficient (Wildman–Crippen LogP) is 1.45. The molecule has 21 heavy (non-hydrogen) atoms. The molecule has 1 atom stereocenters. The number of rotatable bonds is 4. The number of nitrogens with zero attached hydrogens (tertiary/aromatic N) is 2. The third-order valence-electron chi connectivity index (χ3n) is 3.75. The van der Waals surface area contributed by atoms with Gasteiger partial charge in [-0.3, -0.25) is 9.59 Å². The van der Waals surface area contributed by atoms with Gasteiger partial charge >= 0.3 is 0 Å². The van der Waals surface area contributed by atoms with Crippen LogP contribution in [-0.4, -0.2) is 48.6 Å². The van der Waals surface area contributed by atoms with E-state index < -0.39 is 0 Å². The van der Waals surface area contributed by atoms with Crippen molar-refractivity contribution in [2.45, 2.75) is 13.3 Å². The Kier molecular flexibility index (Phi) is 4.85. The lowest BCUT2D eigenvalue weighted by Gasteiger charge is -2.21. The molecule has 1 saturated heterocycles. The maximum absolute atomic E-state index is 12.2. The van der Waals surface area contributed by atoms with Crippen LogP contribution in [0.2, 0.25) is 5.02 Å². The molecule has 2 rings (SSSR count). The number of amides is 2. The van der Waals surface area contributed by atoms with E-state index >= 15 is 0 Å². The minimum absolute atomic E-state index is 0.0730. The number of anilines is 1. The summed E-state index contributed by atoms with van der Waals surface area (Å²) in [4.78, 5) is 27.5. The predicted molar refractivity (Wildman–Crippen MR) is 81.4 cm³/mol. The second kappa shape index (κ2) is 6.45. The van der Waals surface area contributed by atoms with E-state index in [0.29, 0.717) is 11.6 Å². The van der Waals surface area contributed by atoms with E-state index in [2.05, 4.69) is 0 Å². The van der Waals surface area contributed by atoms with E-state index in [0.717, 1.165) is 11.3 Å². The van der Waals surface area contributed by atoms with Gasteiger partial charge in [0.05, 0.1) is 12.5 Å². The smallest absolute Gasteiger partial charge is 0.227 e. The number of aliphatic hydroxyl groups excluding tert-OH is 1. The number of hydrogen-bond acceptors (Lipinski definition) is 3. The fourth-order valence-electron chi connectivity index (χ4n) is 2.55. The summed E-state index contributed by atoms with van der Waals surface area (Å²) >= 11 is 5.99. The molecule has 1 aliphatic rings. The van der Waals surface area contributed by atoms with Crippen LogP contribution < -0.4 is 4.90 Å². The van der Waals surface area contributed by atoms with Gasteiger partial charge < -0.3 is 14.9 Å². The molecule has 0 aliphatic carbocycles. The van der Waals surface area contributed by atoms with Gasteiger partial charge in [-0.25, -0.2) is 0 Å². The Labute approximate surface area is 129 Å². The molecular weight excluding hydrogens is 292 g/mol. The maximum atomic E-state index is 12.2. The third-order valence-corrected chi connectivity index (χ3v) is 3.98. The van der Waals surface area contributed by atoms with Gasteiger partial charge in [0.25, 0.3) is 0 Å². The van der Waals surface area contributed by atoms with Gasteiger partial charge in [0.15, 0.2) is 0 Å². The number of hydrogen-bond donors (Lipinski definition) is 1. The highest BCUT2D eigenvalue weighted by molar-refractivity contribution is 6.31. The largest absolute Gasteiger partial charge is 0.395 e. The number of benzene rings is 1. The first-order valence-corrected chi connectivity index (χ1v) is 7.24. The highest BCUT2D eigenvalue weighted by Gasteiger charge is 2.36. The van der Waals surface area contributed by atoms with Crippen molar-refractivity contribution in [3.8, 4) is 0 Å². The van der Waals surface area contributed by atoms with Gasteiger partial charge in [-0.15, -0.1) is 0 Å². The molecule has 1 N–H and O–H groups in total. The number of carbonyl (C=O) groups is 2. The van der Waals surface area contributed by atoms with Crippen molar-refractivity contribution in [3.05, 3.63) is 28.8 Å². The van der Waals surface area contributed by atoms with Crippen LogP contribution in [-0.2, 0) is 9.59 Å². The van der Waals surface area contributed by atoms with Gasteiger partial charge in [-0.1, -0.05) is 17.7 Å². The molecule has 0 aromatic heterocycles. The van der Waals surface area contributed by atoms with Crippen molar-refractivity contribution in [3.63, 3.8) is 0 Å². The van der Waals surface area contributed by atoms with Crippen molar-refractivity contribution in [1.29, 1.82) is 0 Å². The summed E-state index contributed by atoms with van der Waals surface area (Å²) in [7, 11) is 1.64. The molecule has 1 aliphatic heterocycles. The van der Waals surface area contributed by atoms with Crippen molar-refractivity contribution < 1.29 is 14.7 Å². The Morgan fingerprint density at radius 1 is 1.52 bits per heavy atom. The molecular formula is C15H19ClN2O3. The van der Waals surface area contributed by atoms with E-state index in [1.54, 1.807) is 24.1 Å². The molecule has 1 aromatic carbocycles. The van der Waals surface area contributed by atoms with E-state index in [9.17, 15) is 9.59 Å². The molecule has 1 unspecified atom stereocenters. The number of carbonyl (C=O) groups excluding carboxylic acids is 2. The van der Waals surface area contributed by atoms with Gasteiger partial charge in [-0.2, -0.15) is 0 Å². The lowest BCUT2D eigenvalue weighted by atomic mass is 10.1. The van der Waals surface area contributed by atoms with E-state index in [-0.39, 0.29) is 37.3 Å². The standard InChI is InChI=1S/C15H19ClN2O3/c1-10-3-4-12(16)8-13(10)18-9-11(7-14(18)20)15(21)17(2)5-6-19/h3-4,8,11,19H,5-7,9H2,1-2H3. The zero-order valence-corrected chi connectivity index (χ0v) is 12.9. The Hall–Kier alpha value is -1.59. The molecule has 0 saturated carbocycles. The quantitative estimate of drug-likeness (QED) is 0.915. The molecule has 1 heterocycles. The van der Waals surface area contributed by atoms with Gasteiger partial charge in [0.1, 0.15) is 0 Å². The molecule has 5 nitrogen and oxygen atoms in total. The Balaban J connectivity index is 2.16. The first kappa shape index (κ1) is 15.8. The number of aryl methyl sites for hydroxylation is 1. The van der Waals surface area contributed by atoms with Crippen LogP contribution in [0.5, 0.6) is 0 Å². The van der Waals surface area contributed by atoms with E-state index in [4.69, 9.17) is 16.7 Å². The van der Waals surface area contributed by atoms with Crippen molar-refractivity contribution in [2.24, 2.45) is 5.92 Å². The normalized spacial score (nSPS) is 18.2. The average Bonchev–Trinajstić information content (AvgIpc) is 2.83. The van der Waals surface area contributed by atoms with E-state index in [1.165, 1.54) is 4.90 Å². The summed E-state index contributed by atoms with van der Waals surface area (Å²) in [6, 6.07) is 5.38. The van der Waals surface area contributed by atoms with Gasteiger partial charge in [-0.05, 0) is 24.6 Å². The molecule has 1 fully saturated rings. The zero-order valence-electron chi connectivity index (χ0n) is 12.2. The van der Waals surface area contributed by atoms with Crippen LogP contribution in [0.15, 0.2) is 18.2 Å². The minimum Gasteiger partial charge on any atom is -0.395 e. The van der Waals surface area contributed by atoms with Crippen LogP contribution in [0.1, 0.15) is 12.0 Å². The van der Waals surface area contributed by atoms with E-state index in [1.807, 2.05) is 13.0 Å². The first-order valence-electron chi connectivity index (χ1n) is 6.86. The molecule has 0 radical (unpaired) electrons. The van der Waals surface area contributed by atoms with Gasteiger partial charge in [0.2, 0.25) is 11.8 Å². The zero-order chi connectivity index (χ0) is 15.6. The van der Waals surface area contributed by atoms with Crippen LogP contribution in [0, 0.1) is 12.8 Å². The summed E-state index contributed by atoms with van der Waals surface area (Å²) in [5, 5.41) is 9.46. The minimum atomic E-state index is -0.368. The molecule has 0 spiro atoms. The van der Waals surface area contributed by atoms with Crippen LogP contribution in [0.4, 0.5) is 5.69 Å². The summed E-state index contributed by atoms with van der Waals surface area (Å²) in [5.41, 5.74) is 1.71. The molecule has 1 aromatic rings. The Morgan fingerprint density at radius 3 is 2.90 bits per heavy atom. The molecule has 2 amide bonds. The number of halogens is 1. The molecule has 114 valence electrons. The van der Waals surface area contributed by atoms with Crippen molar-refractivity contribution in [2.75, 3.05) is 31.6 Å². The van der Waals surface area contributed by atoms with Crippen molar-refractivity contribution >= 4 is 29.1 Å². The summed E-state index contributed by atoms with van der Waals surface area (Å²) in [6.07, 6.45) is 0.195. The fourth-order valence-corrected chi connectivity index (χ4v) is 2.72. The van der Waals surface area contributed by atoms with Crippen LogP contribution >= 0.6 is 11.6 Å². The summed E-state index contributed by atoms with van der Waals surface area (Å²) in [6.45, 7) is 2.46. The summed E-state index contributed by atoms with van der Waals surface area (Å²) in [5.74, 6) is -0.553. The van der Waals surface area contributed by atoms with Crippen molar-refractivity contribution in [1.82, 2.24) is 4.90 Å². The van der Waals surface area contributed by atoms with Gasteiger partial charge in [0, 0.05) is 37.3 Å². The number of aliphatic hydroxyl groups is 1. The Morgan fingerprint density at radius 2 is 2.24 bits per heavy atom. The topological polar surface area (TPSA) is 60.9 Å². The summed E-state index contributed by atoms with van der Waals surface area (Å²) < 4.78 is 0. The molecule has 0 bridgehead atoms. The third kappa shape index (κ3) is 3.36. The fraction of sp³-hybridized carbons (Fsp3) is 0.467. The lowest BCUT2D eigenvalue weighted by Crippen LogP contribution is -2.36. The number of likely N-dealkylation sites (N-methyl/N-ethyl adjacent to an activating group) is 1. The highest BCUT2D eigenvalue weighted by Crippen LogP contribution is 2.30. The molecule has 6 heteroatoms. The van der Waals surface area contributed by atoms with Crippen LogP contribution in [0.3, 0.4) is 0 Å². The first-order chi connectivity index (χ1) is 9.93.